The minimum atomic E-state index is 1.69. The second-order valence-electron chi connectivity index (χ2n) is 0.780. The third-order valence-corrected chi connectivity index (χ3v) is 1.94. The van der Waals surface area contributed by atoms with E-state index in [0.29, 0.717) is 0 Å². The fourth-order valence-electron chi connectivity index (χ4n) is 0.194. The highest BCUT2D eigenvalue weighted by atomic mass is 33.1. The van der Waals surface area contributed by atoms with Crippen molar-refractivity contribution in [1.82, 2.24) is 0 Å². The molecule has 1 heterocycles. The van der Waals surface area contributed by atoms with Gasteiger partial charge in [0.05, 0.1) is 0 Å². The molecule has 1 aliphatic heterocycles. The lowest BCUT2D eigenvalue weighted by Crippen LogP contribution is -1.51. The van der Waals surface area contributed by atoms with Crippen molar-refractivity contribution in [2.75, 3.05) is 0 Å². The van der Waals surface area contributed by atoms with E-state index >= 15 is 0 Å². The molecule has 31 valence electrons. The van der Waals surface area contributed by atoms with Crippen LogP contribution in [0.25, 0.3) is 0 Å². The van der Waals surface area contributed by atoms with E-state index in [9.17, 15) is 0 Å². The average Bonchev–Trinajstić information content (AvgIpc) is 1.72. The molecule has 0 aliphatic carbocycles. The van der Waals surface area contributed by atoms with Gasteiger partial charge in [0.15, 0.2) is 0 Å². The molecular weight excluding hydrogens is 112 g/mol. The Morgan fingerprint density at radius 1 is 1.33 bits per heavy atom. The molecule has 0 spiro atoms. The Balaban J connectivity index is 2.46. The SMILES string of the molecule is [C]1=CSSC=C1. The lowest BCUT2D eigenvalue weighted by Gasteiger charge is -1.86. The van der Waals surface area contributed by atoms with Crippen LogP contribution in [-0.4, -0.2) is 0 Å². The van der Waals surface area contributed by atoms with Crippen molar-refractivity contribution in [3.63, 3.8) is 0 Å². The minimum absolute atomic E-state index is 1.69. The molecule has 0 bridgehead atoms. The summed E-state index contributed by atoms with van der Waals surface area (Å²) < 4.78 is 0. The summed E-state index contributed by atoms with van der Waals surface area (Å²) in [5.74, 6) is 0. The molecule has 0 aromatic rings. The molecule has 0 N–H and O–H groups in total. The standard InChI is InChI=1S/C4H3S2/c1-2-4-6-5-3-1/h1,3-4H. The average molecular weight is 115 g/mol. The first kappa shape index (κ1) is 4.34. The zero-order valence-corrected chi connectivity index (χ0v) is 4.68. The zero-order chi connectivity index (χ0) is 4.24. The summed E-state index contributed by atoms with van der Waals surface area (Å²) in [5, 5.41) is 3.94. The normalized spacial score (nSPS) is 18.7. The van der Waals surface area contributed by atoms with Crippen molar-refractivity contribution < 1.29 is 0 Å². The van der Waals surface area contributed by atoms with Gasteiger partial charge in [-0.1, -0.05) is 21.6 Å². The van der Waals surface area contributed by atoms with Crippen LogP contribution in [0.15, 0.2) is 16.9 Å². The summed E-state index contributed by atoms with van der Waals surface area (Å²) in [5.41, 5.74) is 0. The number of allylic oxidation sites excluding steroid dienone is 2. The molecule has 1 rings (SSSR count). The highest BCUT2D eigenvalue weighted by molar-refractivity contribution is 8.79. The molecular formula is C4H3S2. The Hall–Kier alpha value is 0.180. The van der Waals surface area contributed by atoms with Crippen LogP contribution in [0.4, 0.5) is 0 Å². The van der Waals surface area contributed by atoms with Gasteiger partial charge in [-0.05, 0) is 23.0 Å². The van der Waals surface area contributed by atoms with Gasteiger partial charge in [0.2, 0.25) is 0 Å². The Morgan fingerprint density at radius 2 is 2.33 bits per heavy atom. The van der Waals surface area contributed by atoms with Gasteiger partial charge in [-0.3, -0.25) is 0 Å². The minimum Gasteiger partial charge on any atom is -0.0611 e. The van der Waals surface area contributed by atoms with Gasteiger partial charge >= 0.3 is 0 Å². The molecule has 0 fully saturated rings. The topological polar surface area (TPSA) is 0 Å². The summed E-state index contributed by atoms with van der Waals surface area (Å²) in [6.45, 7) is 0. The monoisotopic (exact) mass is 115 g/mol. The molecule has 0 amide bonds. The van der Waals surface area contributed by atoms with E-state index in [1.54, 1.807) is 21.6 Å². The predicted molar refractivity (Wildman–Crippen MR) is 32.1 cm³/mol. The van der Waals surface area contributed by atoms with E-state index in [0.717, 1.165) is 0 Å². The molecule has 0 aromatic heterocycles. The van der Waals surface area contributed by atoms with Crippen LogP contribution in [0, 0.1) is 6.08 Å². The van der Waals surface area contributed by atoms with E-state index in [-0.39, 0.29) is 0 Å². The van der Waals surface area contributed by atoms with Crippen molar-refractivity contribution >= 4 is 21.6 Å². The van der Waals surface area contributed by atoms with E-state index < -0.39 is 0 Å². The fourth-order valence-corrected chi connectivity index (χ4v) is 1.27. The maximum atomic E-state index is 2.92. The van der Waals surface area contributed by atoms with Crippen LogP contribution in [-0.2, 0) is 0 Å². The molecule has 0 unspecified atom stereocenters. The van der Waals surface area contributed by atoms with E-state index in [2.05, 4.69) is 6.08 Å². The highest BCUT2D eigenvalue weighted by Gasteiger charge is 1.79. The summed E-state index contributed by atoms with van der Waals surface area (Å²) >= 11 is 0. The summed E-state index contributed by atoms with van der Waals surface area (Å²) in [6, 6.07) is 0. The smallest absolute Gasteiger partial charge is 0.00992 e. The van der Waals surface area contributed by atoms with Crippen LogP contribution in [0.5, 0.6) is 0 Å². The largest absolute Gasteiger partial charge is 0.0611 e. The quantitative estimate of drug-likeness (QED) is 0.444. The number of hydrogen-bond donors (Lipinski definition) is 0. The van der Waals surface area contributed by atoms with Gasteiger partial charge in [0, 0.05) is 0 Å². The van der Waals surface area contributed by atoms with Crippen molar-refractivity contribution in [2.45, 2.75) is 0 Å². The van der Waals surface area contributed by atoms with Crippen LogP contribution in [0.2, 0.25) is 0 Å². The van der Waals surface area contributed by atoms with Crippen molar-refractivity contribution in [1.29, 1.82) is 0 Å². The van der Waals surface area contributed by atoms with Gasteiger partial charge in [0.25, 0.3) is 0 Å². The predicted octanol–water partition coefficient (Wildman–Crippen LogP) is 2.21. The maximum Gasteiger partial charge on any atom is -0.00992 e. The lowest BCUT2D eigenvalue weighted by atomic mass is 10.6. The molecule has 2 heteroatoms. The Morgan fingerprint density at radius 3 is 2.50 bits per heavy atom. The Kier molecular flexibility index (Phi) is 1.71. The van der Waals surface area contributed by atoms with Crippen molar-refractivity contribution in [3.05, 3.63) is 23.0 Å². The number of hydrogen-bond acceptors (Lipinski definition) is 2. The first-order chi connectivity index (χ1) is 3.00. The lowest BCUT2D eigenvalue weighted by molar-refractivity contribution is 1.99. The summed E-state index contributed by atoms with van der Waals surface area (Å²) in [7, 11) is 3.40. The molecule has 0 saturated heterocycles. The van der Waals surface area contributed by atoms with Crippen LogP contribution in [0.1, 0.15) is 0 Å². The fraction of sp³-hybridized carbons (Fsp3) is 0. The van der Waals surface area contributed by atoms with E-state index in [1.165, 1.54) is 0 Å². The molecule has 0 nitrogen and oxygen atoms in total. The van der Waals surface area contributed by atoms with E-state index in [1.807, 2.05) is 16.9 Å². The third kappa shape index (κ3) is 1.11. The maximum absolute atomic E-state index is 2.92. The third-order valence-electron chi connectivity index (χ3n) is 0.392. The zero-order valence-electron chi connectivity index (χ0n) is 3.05. The van der Waals surface area contributed by atoms with Gasteiger partial charge in [-0.2, -0.15) is 0 Å². The Labute approximate surface area is 45.1 Å². The summed E-state index contributed by atoms with van der Waals surface area (Å²) in [6.07, 6.45) is 4.83. The molecule has 0 aromatic carbocycles. The molecule has 1 aliphatic rings. The van der Waals surface area contributed by atoms with Gasteiger partial charge < -0.3 is 0 Å². The second kappa shape index (κ2) is 2.37. The van der Waals surface area contributed by atoms with Gasteiger partial charge in [0.1, 0.15) is 0 Å². The number of rotatable bonds is 0. The van der Waals surface area contributed by atoms with Crippen molar-refractivity contribution in [2.24, 2.45) is 0 Å². The second-order valence-corrected chi connectivity index (χ2v) is 2.83. The van der Waals surface area contributed by atoms with Crippen LogP contribution >= 0.6 is 21.6 Å². The summed E-state index contributed by atoms with van der Waals surface area (Å²) in [4.78, 5) is 0. The Bertz CT molecular complexity index is 71.5. The van der Waals surface area contributed by atoms with Crippen molar-refractivity contribution in [3.8, 4) is 0 Å². The molecule has 0 saturated carbocycles. The van der Waals surface area contributed by atoms with E-state index in [4.69, 9.17) is 0 Å². The van der Waals surface area contributed by atoms with Gasteiger partial charge in [-0.15, -0.1) is 0 Å². The highest BCUT2D eigenvalue weighted by Crippen LogP contribution is 2.25. The first-order valence-corrected chi connectivity index (χ1v) is 3.82. The first-order valence-electron chi connectivity index (χ1n) is 1.55. The molecule has 0 atom stereocenters. The van der Waals surface area contributed by atoms with Crippen LogP contribution in [0.3, 0.4) is 0 Å². The molecule has 6 heavy (non-hydrogen) atoms. The van der Waals surface area contributed by atoms with Crippen LogP contribution < -0.4 is 0 Å². The molecule has 1 radical (unpaired) electrons. The van der Waals surface area contributed by atoms with Gasteiger partial charge in [-0.25, -0.2) is 0 Å².